The summed E-state index contributed by atoms with van der Waals surface area (Å²) in [5, 5.41) is 0. The largest absolute Gasteiger partial charge is 0.257 e. The molecule has 1 aliphatic heterocycles. The molecule has 1 heteroatoms. The van der Waals surface area contributed by atoms with Crippen LogP contribution in [0.15, 0.2) is 18.2 Å². The molecule has 0 unspecified atom stereocenters. The molecule has 1 aromatic heterocycles. The molecule has 0 amide bonds. The minimum Gasteiger partial charge on any atom is -0.257 e. The molecule has 2 heterocycles. The van der Waals surface area contributed by atoms with Crippen molar-refractivity contribution in [3.63, 3.8) is 0 Å². The van der Waals surface area contributed by atoms with Gasteiger partial charge in [0.15, 0.2) is 0 Å². The second kappa shape index (κ2) is 2.59. The fraction of sp³-hybridized carbons (Fsp3) is 0.615. The van der Waals surface area contributed by atoms with Gasteiger partial charge in [-0.05, 0) is 18.1 Å². The highest BCUT2D eigenvalue weighted by Gasteiger charge is 2.44. The molecule has 1 aromatic rings. The van der Waals surface area contributed by atoms with Crippen LogP contribution in [-0.2, 0) is 10.8 Å². The summed E-state index contributed by atoms with van der Waals surface area (Å²) in [6.07, 6.45) is 0. The van der Waals surface area contributed by atoms with Gasteiger partial charge in [0.2, 0.25) is 0 Å². The Kier molecular flexibility index (Phi) is 1.79. The van der Waals surface area contributed by atoms with Gasteiger partial charge in [0.1, 0.15) is 0 Å². The lowest BCUT2D eigenvalue weighted by Crippen LogP contribution is -2.45. The summed E-state index contributed by atoms with van der Waals surface area (Å²) in [5.74, 6) is 0.624. The number of pyridine rings is 1. The summed E-state index contributed by atoms with van der Waals surface area (Å²) >= 11 is 0. The zero-order chi connectivity index (χ0) is 10.6. The fourth-order valence-corrected chi connectivity index (χ4v) is 2.50. The second-order valence-corrected chi connectivity index (χ2v) is 5.57. The lowest BCUT2D eigenvalue weighted by atomic mass is 9.61. The molecule has 2 bridgehead atoms. The van der Waals surface area contributed by atoms with Crippen molar-refractivity contribution in [3.05, 3.63) is 29.6 Å². The number of aromatic nitrogens is 1. The minimum absolute atomic E-state index is 0.192. The van der Waals surface area contributed by atoms with Crippen LogP contribution in [-0.4, -0.2) is 4.98 Å². The van der Waals surface area contributed by atoms with Crippen molar-refractivity contribution in [2.75, 3.05) is 0 Å². The Balaban J connectivity index is 2.68. The van der Waals surface area contributed by atoms with E-state index in [2.05, 4.69) is 52.8 Å². The molecule has 1 nitrogen and oxygen atoms in total. The van der Waals surface area contributed by atoms with E-state index in [0.717, 1.165) is 0 Å². The highest BCUT2D eigenvalue weighted by molar-refractivity contribution is 5.31. The van der Waals surface area contributed by atoms with E-state index in [-0.39, 0.29) is 10.8 Å². The quantitative estimate of drug-likeness (QED) is 0.610. The summed E-state index contributed by atoms with van der Waals surface area (Å²) < 4.78 is 0. The molecule has 14 heavy (non-hydrogen) atoms. The van der Waals surface area contributed by atoms with Crippen molar-refractivity contribution < 1.29 is 0 Å². The molecule has 0 saturated heterocycles. The van der Waals surface area contributed by atoms with Crippen LogP contribution in [0.1, 0.15) is 46.0 Å². The van der Waals surface area contributed by atoms with Crippen LogP contribution >= 0.6 is 0 Å². The minimum atomic E-state index is 0.192. The SMILES string of the molecule is CC1C(C)(C)c2cccc(n2)C1(C)C. The van der Waals surface area contributed by atoms with Crippen molar-refractivity contribution in [3.8, 4) is 0 Å². The van der Waals surface area contributed by atoms with E-state index in [1.54, 1.807) is 0 Å². The lowest BCUT2D eigenvalue weighted by Gasteiger charge is -2.46. The first-order chi connectivity index (χ1) is 6.37. The standard InChI is InChI=1S/C13H19N/c1-9-12(2,3)10-7-6-8-11(14-10)13(9,4)5/h6-9H,1-5H3. The Morgan fingerprint density at radius 2 is 1.43 bits per heavy atom. The highest BCUT2D eigenvalue weighted by atomic mass is 14.8. The third kappa shape index (κ3) is 1.05. The first-order valence-corrected chi connectivity index (χ1v) is 5.35. The molecule has 2 rings (SSSR count). The highest BCUT2D eigenvalue weighted by Crippen LogP contribution is 2.46. The van der Waals surface area contributed by atoms with Gasteiger partial charge >= 0.3 is 0 Å². The third-order valence-corrected chi connectivity index (χ3v) is 4.23. The Hall–Kier alpha value is -0.850. The fourth-order valence-electron chi connectivity index (χ4n) is 2.50. The predicted molar refractivity (Wildman–Crippen MR) is 59.5 cm³/mol. The molecule has 76 valence electrons. The summed E-state index contributed by atoms with van der Waals surface area (Å²) in [5.41, 5.74) is 2.86. The molecule has 0 saturated carbocycles. The molecule has 0 fully saturated rings. The van der Waals surface area contributed by atoms with Crippen LogP contribution in [0.25, 0.3) is 0 Å². The monoisotopic (exact) mass is 189 g/mol. The Bertz CT molecular complexity index is 332. The number of rotatable bonds is 0. The van der Waals surface area contributed by atoms with E-state index in [4.69, 9.17) is 4.98 Å². The molecular formula is C13H19N. The van der Waals surface area contributed by atoms with Crippen molar-refractivity contribution in [2.45, 2.75) is 45.4 Å². The van der Waals surface area contributed by atoms with Crippen molar-refractivity contribution in [2.24, 2.45) is 5.92 Å². The average Bonchev–Trinajstić information content (AvgIpc) is 2.15. The summed E-state index contributed by atoms with van der Waals surface area (Å²) in [7, 11) is 0. The van der Waals surface area contributed by atoms with Gasteiger partial charge in [-0.3, -0.25) is 4.98 Å². The predicted octanol–water partition coefficient (Wildman–Crippen LogP) is 3.29. The molecule has 0 radical (unpaired) electrons. The molecule has 0 aliphatic carbocycles. The van der Waals surface area contributed by atoms with E-state index >= 15 is 0 Å². The van der Waals surface area contributed by atoms with Gasteiger partial charge in [0.05, 0.1) is 0 Å². The first kappa shape index (κ1) is 9.70. The molecule has 1 aliphatic rings. The average molecular weight is 189 g/mol. The summed E-state index contributed by atoms with van der Waals surface area (Å²) in [4.78, 5) is 4.73. The molecule has 0 N–H and O–H groups in total. The second-order valence-electron chi connectivity index (χ2n) is 5.57. The van der Waals surface area contributed by atoms with Gasteiger partial charge in [0.25, 0.3) is 0 Å². The smallest absolute Gasteiger partial charge is 0.0466 e. The van der Waals surface area contributed by atoms with Gasteiger partial charge in [-0.25, -0.2) is 0 Å². The van der Waals surface area contributed by atoms with E-state index in [0.29, 0.717) is 5.92 Å². The number of hydrogen-bond donors (Lipinski definition) is 0. The molecular weight excluding hydrogens is 170 g/mol. The zero-order valence-electron chi connectivity index (χ0n) is 9.76. The van der Waals surface area contributed by atoms with E-state index in [1.165, 1.54) is 11.4 Å². The summed E-state index contributed by atoms with van der Waals surface area (Å²) in [6.45, 7) is 11.5. The van der Waals surface area contributed by atoms with Crippen LogP contribution < -0.4 is 0 Å². The first-order valence-electron chi connectivity index (χ1n) is 5.35. The van der Waals surface area contributed by atoms with Crippen molar-refractivity contribution in [1.82, 2.24) is 4.98 Å². The Morgan fingerprint density at radius 1 is 1.00 bits per heavy atom. The maximum absolute atomic E-state index is 4.73. The van der Waals surface area contributed by atoms with Gasteiger partial charge in [-0.1, -0.05) is 40.7 Å². The van der Waals surface area contributed by atoms with Gasteiger partial charge < -0.3 is 0 Å². The molecule has 0 spiro atoms. The van der Waals surface area contributed by atoms with Gasteiger partial charge in [-0.2, -0.15) is 0 Å². The molecule has 0 atom stereocenters. The van der Waals surface area contributed by atoms with Crippen LogP contribution in [0.3, 0.4) is 0 Å². The van der Waals surface area contributed by atoms with Gasteiger partial charge in [0, 0.05) is 22.2 Å². The van der Waals surface area contributed by atoms with Gasteiger partial charge in [-0.15, -0.1) is 0 Å². The van der Waals surface area contributed by atoms with E-state index in [9.17, 15) is 0 Å². The Morgan fingerprint density at radius 3 is 1.86 bits per heavy atom. The van der Waals surface area contributed by atoms with Crippen LogP contribution in [0.4, 0.5) is 0 Å². The topological polar surface area (TPSA) is 12.9 Å². The lowest BCUT2D eigenvalue weighted by molar-refractivity contribution is 0.193. The normalized spacial score (nSPS) is 23.5. The molecule has 0 aromatic carbocycles. The maximum atomic E-state index is 4.73. The van der Waals surface area contributed by atoms with Crippen molar-refractivity contribution in [1.29, 1.82) is 0 Å². The summed E-state index contributed by atoms with van der Waals surface area (Å²) in [6, 6.07) is 6.43. The maximum Gasteiger partial charge on any atom is 0.0466 e. The number of nitrogens with zero attached hydrogens (tertiary/aromatic N) is 1. The third-order valence-electron chi connectivity index (χ3n) is 4.23. The Labute approximate surface area is 86.6 Å². The van der Waals surface area contributed by atoms with Crippen LogP contribution in [0, 0.1) is 5.92 Å². The number of hydrogen-bond acceptors (Lipinski definition) is 1. The zero-order valence-corrected chi connectivity index (χ0v) is 9.76. The van der Waals surface area contributed by atoms with Crippen LogP contribution in [0.5, 0.6) is 0 Å². The van der Waals surface area contributed by atoms with Crippen LogP contribution in [0.2, 0.25) is 0 Å². The van der Waals surface area contributed by atoms with E-state index < -0.39 is 0 Å². The van der Waals surface area contributed by atoms with E-state index in [1.807, 2.05) is 0 Å². The van der Waals surface area contributed by atoms with Crippen molar-refractivity contribution >= 4 is 0 Å². The number of fused-ring (bicyclic) bond motifs is 2.